The number of halogens is 4. The molecular weight excluding hydrogens is 229 g/mol. The van der Waals surface area contributed by atoms with Gasteiger partial charge >= 0.3 is 6.18 Å². The zero-order valence-corrected chi connectivity index (χ0v) is 8.68. The van der Waals surface area contributed by atoms with E-state index in [0.29, 0.717) is 5.56 Å². The Labute approximate surface area is 92.1 Å². The number of hydrogen-bond acceptors (Lipinski definition) is 2. The monoisotopic (exact) mass is 240 g/mol. The molecular formula is C9H12ClF3N2. The molecule has 0 spiro atoms. The first kappa shape index (κ1) is 14.2. The maximum atomic E-state index is 11.9. The van der Waals surface area contributed by atoms with E-state index in [4.69, 9.17) is 5.73 Å². The Kier molecular flexibility index (Phi) is 5.60. The van der Waals surface area contributed by atoms with Gasteiger partial charge in [0, 0.05) is 24.9 Å². The fourth-order valence-corrected chi connectivity index (χ4v) is 1.10. The average Bonchev–Trinajstić information content (AvgIpc) is 2.14. The second-order valence-corrected chi connectivity index (χ2v) is 3.04. The van der Waals surface area contributed by atoms with Gasteiger partial charge in [-0.15, -0.1) is 12.4 Å². The van der Waals surface area contributed by atoms with E-state index in [1.807, 2.05) is 0 Å². The van der Waals surface area contributed by atoms with Crippen molar-refractivity contribution >= 4 is 12.4 Å². The molecule has 1 heterocycles. The smallest absolute Gasteiger partial charge is 0.324 e. The summed E-state index contributed by atoms with van der Waals surface area (Å²) in [4.78, 5) is 3.76. The molecule has 0 bridgehead atoms. The minimum absolute atomic E-state index is 0. The summed E-state index contributed by atoms with van der Waals surface area (Å²) in [5, 5.41) is 0. The van der Waals surface area contributed by atoms with Crippen LogP contribution in [0.5, 0.6) is 0 Å². The average molecular weight is 241 g/mol. The summed E-state index contributed by atoms with van der Waals surface area (Å²) in [5.41, 5.74) is 6.26. The lowest BCUT2D eigenvalue weighted by atomic mass is 10.0. The van der Waals surface area contributed by atoms with Gasteiger partial charge in [-0.3, -0.25) is 4.98 Å². The summed E-state index contributed by atoms with van der Waals surface area (Å²) in [6.45, 7) is 0. The predicted molar refractivity (Wildman–Crippen MR) is 53.7 cm³/mol. The lowest BCUT2D eigenvalue weighted by Gasteiger charge is -2.12. The van der Waals surface area contributed by atoms with Crippen LogP contribution in [-0.2, 0) is 0 Å². The van der Waals surface area contributed by atoms with Crippen molar-refractivity contribution in [2.45, 2.75) is 25.1 Å². The number of hydrogen-bond donors (Lipinski definition) is 1. The van der Waals surface area contributed by atoms with Gasteiger partial charge in [0.25, 0.3) is 0 Å². The fraction of sp³-hybridized carbons (Fsp3) is 0.444. The molecule has 1 rings (SSSR count). The third-order valence-corrected chi connectivity index (χ3v) is 1.87. The van der Waals surface area contributed by atoms with E-state index in [1.165, 1.54) is 12.4 Å². The van der Waals surface area contributed by atoms with Crippen LogP contribution in [0.1, 0.15) is 24.4 Å². The Morgan fingerprint density at radius 3 is 2.27 bits per heavy atom. The van der Waals surface area contributed by atoms with Crippen molar-refractivity contribution in [2.75, 3.05) is 0 Å². The minimum atomic E-state index is -4.13. The zero-order chi connectivity index (χ0) is 10.6. The summed E-state index contributed by atoms with van der Waals surface area (Å²) in [6, 6.07) is 2.68. The van der Waals surface area contributed by atoms with E-state index in [-0.39, 0.29) is 18.8 Å². The van der Waals surface area contributed by atoms with Gasteiger partial charge in [0.1, 0.15) is 0 Å². The number of rotatable bonds is 3. The first-order valence-corrected chi connectivity index (χ1v) is 4.21. The summed E-state index contributed by atoms with van der Waals surface area (Å²) in [5.74, 6) is 0. The number of alkyl halides is 3. The Hall–Kier alpha value is -0.810. The third kappa shape index (κ3) is 5.59. The maximum Gasteiger partial charge on any atom is 0.389 e. The molecule has 0 aromatic carbocycles. The zero-order valence-electron chi connectivity index (χ0n) is 7.87. The summed E-state index contributed by atoms with van der Waals surface area (Å²) in [7, 11) is 0. The van der Waals surface area contributed by atoms with E-state index in [2.05, 4.69) is 4.98 Å². The molecule has 0 aliphatic rings. The van der Waals surface area contributed by atoms with Gasteiger partial charge in [-0.25, -0.2) is 0 Å². The number of pyridine rings is 1. The van der Waals surface area contributed by atoms with E-state index in [0.717, 1.165) is 0 Å². The first-order valence-electron chi connectivity index (χ1n) is 4.21. The normalized spacial score (nSPS) is 13.1. The van der Waals surface area contributed by atoms with Gasteiger partial charge in [0.15, 0.2) is 0 Å². The van der Waals surface area contributed by atoms with Crippen molar-refractivity contribution in [3.05, 3.63) is 30.1 Å². The SMILES string of the molecule is Cl.N[C@H](CCC(F)(F)F)c1ccncc1. The van der Waals surface area contributed by atoms with E-state index in [1.54, 1.807) is 12.1 Å². The molecule has 6 heteroatoms. The van der Waals surface area contributed by atoms with E-state index < -0.39 is 18.6 Å². The Bertz CT molecular complexity index is 276. The lowest BCUT2D eigenvalue weighted by molar-refractivity contribution is -0.136. The summed E-state index contributed by atoms with van der Waals surface area (Å²) in [6.07, 6.45) is -2.04. The molecule has 86 valence electrons. The quantitative estimate of drug-likeness (QED) is 0.882. The van der Waals surface area contributed by atoms with Gasteiger partial charge in [0.2, 0.25) is 0 Å². The van der Waals surface area contributed by atoms with Gasteiger partial charge in [0.05, 0.1) is 0 Å². The molecule has 0 radical (unpaired) electrons. The van der Waals surface area contributed by atoms with Crippen LogP contribution in [-0.4, -0.2) is 11.2 Å². The first-order chi connectivity index (χ1) is 6.49. The van der Waals surface area contributed by atoms with Crippen LogP contribution in [0, 0.1) is 0 Å². The highest BCUT2D eigenvalue weighted by molar-refractivity contribution is 5.85. The molecule has 0 unspecified atom stereocenters. The molecule has 0 fully saturated rings. The standard InChI is InChI=1S/C9H11F3N2.ClH/c10-9(11,12)4-1-8(13)7-2-5-14-6-3-7;/h2-3,5-6,8H,1,4,13H2;1H/t8-;/m1./s1. The van der Waals surface area contributed by atoms with Gasteiger partial charge in [-0.1, -0.05) is 0 Å². The fourth-order valence-electron chi connectivity index (χ4n) is 1.10. The molecule has 0 aliphatic carbocycles. The molecule has 2 nitrogen and oxygen atoms in total. The Balaban J connectivity index is 0.00000196. The van der Waals surface area contributed by atoms with Gasteiger partial charge in [-0.2, -0.15) is 13.2 Å². The molecule has 1 aromatic rings. The highest BCUT2D eigenvalue weighted by Crippen LogP contribution is 2.25. The maximum absolute atomic E-state index is 11.9. The van der Waals surface area contributed by atoms with Crippen molar-refractivity contribution in [1.29, 1.82) is 0 Å². The molecule has 15 heavy (non-hydrogen) atoms. The van der Waals surface area contributed by atoms with E-state index >= 15 is 0 Å². The molecule has 2 N–H and O–H groups in total. The highest BCUT2D eigenvalue weighted by atomic mass is 35.5. The van der Waals surface area contributed by atoms with Gasteiger partial charge in [-0.05, 0) is 24.1 Å². The van der Waals surface area contributed by atoms with Crippen molar-refractivity contribution in [2.24, 2.45) is 5.73 Å². The molecule has 1 aromatic heterocycles. The molecule has 0 saturated heterocycles. The number of nitrogens with zero attached hydrogens (tertiary/aromatic N) is 1. The van der Waals surface area contributed by atoms with Crippen LogP contribution in [0.3, 0.4) is 0 Å². The van der Waals surface area contributed by atoms with Crippen molar-refractivity contribution in [3.8, 4) is 0 Å². The largest absolute Gasteiger partial charge is 0.389 e. The van der Waals surface area contributed by atoms with Crippen molar-refractivity contribution < 1.29 is 13.2 Å². The Morgan fingerprint density at radius 1 is 1.27 bits per heavy atom. The lowest BCUT2D eigenvalue weighted by Crippen LogP contribution is -2.15. The van der Waals surface area contributed by atoms with Gasteiger partial charge < -0.3 is 5.73 Å². The third-order valence-electron chi connectivity index (χ3n) is 1.87. The minimum Gasteiger partial charge on any atom is -0.324 e. The van der Waals surface area contributed by atoms with Crippen molar-refractivity contribution in [3.63, 3.8) is 0 Å². The summed E-state index contributed by atoms with van der Waals surface area (Å²) >= 11 is 0. The molecule has 0 amide bonds. The second-order valence-electron chi connectivity index (χ2n) is 3.04. The number of nitrogens with two attached hydrogens (primary N) is 1. The predicted octanol–water partition coefficient (Wildman–Crippen LogP) is 2.85. The second kappa shape index (κ2) is 5.92. The molecule has 0 saturated carbocycles. The topological polar surface area (TPSA) is 38.9 Å². The highest BCUT2D eigenvalue weighted by Gasteiger charge is 2.27. The van der Waals surface area contributed by atoms with Crippen LogP contribution < -0.4 is 5.73 Å². The van der Waals surface area contributed by atoms with Crippen LogP contribution in [0.25, 0.3) is 0 Å². The van der Waals surface area contributed by atoms with E-state index in [9.17, 15) is 13.2 Å². The summed E-state index contributed by atoms with van der Waals surface area (Å²) < 4.78 is 35.6. The van der Waals surface area contributed by atoms with Crippen LogP contribution >= 0.6 is 12.4 Å². The molecule has 0 aliphatic heterocycles. The van der Waals surface area contributed by atoms with Crippen LogP contribution in [0.4, 0.5) is 13.2 Å². The number of aromatic nitrogens is 1. The van der Waals surface area contributed by atoms with Crippen LogP contribution in [0.2, 0.25) is 0 Å². The van der Waals surface area contributed by atoms with Crippen molar-refractivity contribution in [1.82, 2.24) is 4.98 Å². The van der Waals surface area contributed by atoms with Crippen LogP contribution in [0.15, 0.2) is 24.5 Å². The Morgan fingerprint density at radius 2 is 1.80 bits per heavy atom. The molecule has 1 atom stereocenters.